The average Bonchev–Trinajstić information content (AvgIpc) is 2.94. The molecule has 1 saturated heterocycles. The maximum atomic E-state index is 13.5. The summed E-state index contributed by atoms with van der Waals surface area (Å²) >= 11 is 0. The maximum absolute atomic E-state index is 13.5. The number of rotatable bonds is 7. The second-order valence-corrected chi connectivity index (χ2v) is 7.95. The van der Waals surface area contributed by atoms with Crippen LogP contribution < -0.4 is 16.2 Å². The number of hydrogen-bond donors (Lipinski definition) is 6. The van der Waals surface area contributed by atoms with Gasteiger partial charge in [0.2, 0.25) is 17.3 Å². The molecule has 3 rings (SSSR count). The molecule has 174 valence electrons. The lowest BCUT2D eigenvalue weighted by atomic mass is 9.91. The summed E-state index contributed by atoms with van der Waals surface area (Å²) in [5.74, 6) is -4.32. The number of nitrogens with zero attached hydrogens (tertiary/aromatic N) is 2. The molecule has 0 amide bonds. The van der Waals surface area contributed by atoms with Crippen LogP contribution in [0.2, 0.25) is 0 Å². The van der Waals surface area contributed by atoms with Crippen LogP contribution in [0.5, 0.6) is 5.75 Å². The quantitative estimate of drug-likeness (QED) is 0.144. The number of nitrogens with two attached hydrogens (primary N) is 1. The summed E-state index contributed by atoms with van der Waals surface area (Å²) in [6.07, 6.45) is -3.78. The Morgan fingerprint density at radius 2 is 1.94 bits per heavy atom. The lowest BCUT2D eigenvalue weighted by Gasteiger charge is -2.34. The molecule has 0 radical (unpaired) electrons. The fraction of sp³-hybridized carbons (Fsp3) is 0.353. The molecular formula is C17H20N3O11P. The van der Waals surface area contributed by atoms with Gasteiger partial charge in [0.25, 0.3) is 0 Å². The highest BCUT2D eigenvalue weighted by Gasteiger charge is 2.70. The zero-order valence-corrected chi connectivity index (χ0v) is 17.3. The molecule has 4 atom stereocenters. The first kappa shape index (κ1) is 24.0. The van der Waals surface area contributed by atoms with Crippen molar-refractivity contribution in [2.24, 2.45) is 0 Å². The smallest absolute Gasteiger partial charge is 0.472 e. The van der Waals surface area contributed by atoms with Crippen LogP contribution in [-0.4, -0.2) is 72.2 Å². The van der Waals surface area contributed by atoms with E-state index in [-0.39, 0.29) is 11.4 Å². The van der Waals surface area contributed by atoms with E-state index in [1.807, 2.05) is 0 Å². The Hall–Kier alpha value is -2.68. The third-order valence-electron chi connectivity index (χ3n) is 4.84. The van der Waals surface area contributed by atoms with Gasteiger partial charge in [0.15, 0.2) is 6.10 Å². The molecule has 0 saturated carbocycles. The van der Waals surface area contributed by atoms with Crippen LogP contribution in [0.3, 0.4) is 0 Å². The zero-order valence-electron chi connectivity index (χ0n) is 16.4. The van der Waals surface area contributed by atoms with E-state index in [9.17, 15) is 39.3 Å². The van der Waals surface area contributed by atoms with Gasteiger partial charge in [0.05, 0.1) is 13.7 Å². The van der Waals surface area contributed by atoms with Gasteiger partial charge in [-0.25, -0.2) is 13.9 Å². The van der Waals surface area contributed by atoms with Crippen molar-refractivity contribution in [2.75, 3.05) is 19.5 Å². The van der Waals surface area contributed by atoms with E-state index in [1.165, 1.54) is 31.4 Å². The molecule has 0 aliphatic carbocycles. The summed E-state index contributed by atoms with van der Waals surface area (Å²) in [7, 11) is -4.12. The highest BCUT2D eigenvalue weighted by atomic mass is 31.2. The van der Waals surface area contributed by atoms with Crippen LogP contribution >= 0.6 is 7.82 Å². The van der Waals surface area contributed by atoms with Gasteiger partial charge < -0.3 is 40.3 Å². The molecule has 1 fully saturated rings. The molecule has 1 aliphatic heterocycles. The number of benzene rings is 1. The monoisotopic (exact) mass is 473 g/mol. The zero-order chi connectivity index (χ0) is 23.9. The number of ketones is 1. The lowest BCUT2D eigenvalue weighted by Crippen LogP contribution is -2.59. The summed E-state index contributed by atoms with van der Waals surface area (Å²) in [6, 6.07) is 6.35. The van der Waals surface area contributed by atoms with E-state index in [1.54, 1.807) is 0 Å². The van der Waals surface area contributed by atoms with E-state index >= 15 is 0 Å². The minimum absolute atomic E-state index is 0.161. The molecule has 14 nitrogen and oxygen atoms in total. The number of phosphoric ester groups is 1. The first-order valence-electron chi connectivity index (χ1n) is 8.89. The number of methoxy groups -OCH3 is 1. The number of aliphatic hydroxyl groups is 3. The molecule has 1 aromatic heterocycles. The Bertz CT molecular complexity index is 1120. The first-order valence-corrected chi connectivity index (χ1v) is 10.4. The Balaban J connectivity index is 2.26. The first-order chi connectivity index (χ1) is 14.9. The van der Waals surface area contributed by atoms with E-state index in [0.717, 1.165) is 12.3 Å². The highest BCUT2D eigenvalue weighted by molar-refractivity contribution is 7.46. The van der Waals surface area contributed by atoms with Crippen molar-refractivity contribution in [2.45, 2.75) is 23.7 Å². The van der Waals surface area contributed by atoms with E-state index in [4.69, 9.17) is 15.2 Å². The van der Waals surface area contributed by atoms with Gasteiger partial charge in [-0.15, -0.1) is 0 Å². The SMILES string of the molecule is COc1ccc(C(=O)[C@@]2(n3ccc(N)nc3=O)O[C@H](CO)[C@](O)(OP(=O)(O)O)[C@H]2O)cc1. The molecule has 2 aromatic rings. The standard InChI is InChI=1S/C17H20N3O11P/c1-29-10-4-2-9(3-5-10)13(22)16(20-7-6-12(18)19-15(20)24)14(23)17(25,11(8-21)30-16)31-32(26,27)28/h2-7,11,14,21,23,25H,8H2,1H3,(H2,18,19,24)(H2,26,27,28)/t11-,14+,16-,17+/m1/s1. The molecule has 7 N–H and O–H groups in total. The largest absolute Gasteiger partial charge is 0.497 e. The summed E-state index contributed by atoms with van der Waals surface area (Å²) < 4.78 is 26.7. The Labute approximate surface area is 179 Å². The van der Waals surface area contributed by atoms with Gasteiger partial charge in [-0.05, 0) is 30.3 Å². The van der Waals surface area contributed by atoms with Crippen molar-refractivity contribution in [1.29, 1.82) is 0 Å². The van der Waals surface area contributed by atoms with Crippen LogP contribution in [0.15, 0.2) is 41.3 Å². The molecule has 0 spiro atoms. The number of ether oxygens (including phenoxy) is 2. The molecule has 2 heterocycles. The topological polar surface area (TPSA) is 224 Å². The second kappa shape index (κ2) is 8.35. The summed E-state index contributed by atoms with van der Waals surface area (Å²) in [5.41, 5.74) is 1.25. The number of carbonyl (C=O) groups is 1. The molecule has 0 bridgehead atoms. The molecule has 32 heavy (non-hydrogen) atoms. The highest BCUT2D eigenvalue weighted by Crippen LogP contribution is 2.51. The predicted molar refractivity (Wildman–Crippen MR) is 104 cm³/mol. The molecular weight excluding hydrogens is 453 g/mol. The van der Waals surface area contributed by atoms with Crippen molar-refractivity contribution >= 4 is 19.4 Å². The van der Waals surface area contributed by atoms with Crippen LogP contribution in [-0.2, 0) is 19.6 Å². The van der Waals surface area contributed by atoms with Gasteiger partial charge in [-0.2, -0.15) is 4.98 Å². The summed E-state index contributed by atoms with van der Waals surface area (Å²) in [5, 5.41) is 31.4. The van der Waals surface area contributed by atoms with Gasteiger partial charge >= 0.3 is 13.5 Å². The lowest BCUT2D eigenvalue weighted by molar-refractivity contribution is -0.224. The maximum Gasteiger partial charge on any atom is 0.472 e. The van der Waals surface area contributed by atoms with Crippen LogP contribution in [0, 0.1) is 0 Å². The second-order valence-electron chi connectivity index (χ2n) is 6.78. The Kier molecular flexibility index (Phi) is 6.25. The van der Waals surface area contributed by atoms with Gasteiger partial charge in [-0.3, -0.25) is 9.36 Å². The number of hydrogen-bond acceptors (Lipinski definition) is 11. The van der Waals surface area contributed by atoms with Gasteiger partial charge in [-0.1, -0.05) is 0 Å². The minimum Gasteiger partial charge on any atom is -0.497 e. The van der Waals surface area contributed by atoms with Crippen molar-refractivity contribution in [3.8, 4) is 5.75 Å². The van der Waals surface area contributed by atoms with E-state index in [2.05, 4.69) is 9.51 Å². The summed E-state index contributed by atoms with van der Waals surface area (Å²) in [4.78, 5) is 48.0. The molecule has 15 heteroatoms. The van der Waals surface area contributed by atoms with Crippen molar-refractivity contribution in [3.05, 3.63) is 52.6 Å². The minimum atomic E-state index is -5.50. The third-order valence-corrected chi connectivity index (χ3v) is 5.37. The van der Waals surface area contributed by atoms with Gasteiger partial charge in [0.1, 0.15) is 17.7 Å². The number of aromatic nitrogens is 2. The third kappa shape index (κ3) is 3.94. The van der Waals surface area contributed by atoms with Crippen molar-refractivity contribution in [3.63, 3.8) is 0 Å². The molecule has 0 unspecified atom stereocenters. The Morgan fingerprint density at radius 1 is 1.31 bits per heavy atom. The van der Waals surface area contributed by atoms with Crippen LogP contribution in [0.1, 0.15) is 10.4 Å². The number of nitrogen functional groups attached to an aromatic ring is 1. The predicted octanol–water partition coefficient (Wildman–Crippen LogP) is -2.08. The number of phosphoric acid groups is 1. The Morgan fingerprint density at radius 3 is 2.44 bits per heavy atom. The number of Topliss-reactive ketones (excluding diaryl/α,β-unsaturated/α-hetero) is 1. The van der Waals surface area contributed by atoms with E-state index in [0.29, 0.717) is 10.3 Å². The molecule has 1 aromatic carbocycles. The van der Waals surface area contributed by atoms with Crippen LogP contribution in [0.4, 0.5) is 5.82 Å². The van der Waals surface area contributed by atoms with E-state index < -0.39 is 49.6 Å². The number of anilines is 1. The van der Waals surface area contributed by atoms with Crippen LogP contribution in [0.25, 0.3) is 0 Å². The fourth-order valence-electron chi connectivity index (χ4n) is 3.38. The van der Waals surface area contributed by atoms with Crippen molar-refractivity contribution in [1.82, 2.24) is 9.55 Å². The van der Waals surface area contributed by atoms with Crippen molar-refractivity contribution < 1.29 is 48.5 Å². The number of carbonyl (C=O) groups excluding carboxylic acids is 1. The summed E-state index contributed by atoms with van der Waals surface area (Å²) in [6.45, 7) is -1.16. The number of aliphatic hydroxyl groups excluding tert-OH is 2. The molecule has 1 aliphatic rings. The van der Waals surface area contributed by atoms with Gasteiger partial charge in [0, 0.05) is 11.8 Å². The fourth-order valence-corrected chi connectivity index (χ4v) is 3.98. The average molecular weight is 473 g/mol. The normalized spacial score (nSPS) is 27.9.